The van der Waals surface area contributed by atoms with Crippen molar-refractivity contribution in [2.75, 3.05) is 58.6 Å². The maximum absolute atomic E-state index is 13.4. The third-order valence-corrected chi connectivity index (χ3v) is 8.09. The molecule has 0 aliphatic carbocycles. The molecular weight excluding hydrogens is 752 g/mol. The van der Waals surface area contributed by atoms with E-state index in [1.807, 2.05) is 34.9 Å². The molecular formula is C24H33Cl2FI2N4O4. The van der Waals surface area contributed by atoms with Crippen molar-refractivity contribution in [2.24, 2.45) is 11.8 Å². The van der Waals surface area contributed by atoms with Gasteiger partial charge in [-0.3, -0.25) is 0 Å². The van der Waals surface area contributed by atoms with Gasteiger partial charge in [0.15, 0.2) is 17.3 Å². The number of ether oxygens (including phenoxy) is 4. The summed E-state index contributed by atoms with van der Waals surface area (Å²) < 4.78 is 37.1. The topological polar surface area (TPSA) is 78.0 Å². The van der Waals surface area contributed by atoms with Gasteiger partial charge in [0, 0.05) is 51.7 Å². The third-order valence-electron chi connectivity index (χ3n) is 6.39. The van der Waals surface area contributed by atoms with Gasteiger partial charge in [0.05, 0.1) is 26.4 Å². The predicted octanol–water partition coefficient (Wildman–Crippen LogP) is 4.59. The van der Waals surface area contributed by atoms with Gasteiger partial charge in [-0.25, -0.2) is 9.97 Å². The monoisotopic (exact) mass is 784 g/mol. The van der Waals surface area contributed by atoms with Crippen LogP contribution in [0, 0.1) is 24.9 Å². The van der Waals surface area contributed by atoms with E-state index in [0.29, 0.717) is 24.5 Å². The van der Waals surface area contributed by atoms with Crippen LogP contribution < -0.4 is 19.7 Å². The van der Waals surface area contributed by atoms with Gasteiger partial charge in [-0.05, 0) is 76.1 Å². The minimum atomic E-state index is -0.548. The first-order valence-corrected chi connectivity index (χ1v) is 13.8. The average molecular weight is 785 g/mol. The zero-order valence-corrected chi connectivity index (χ0v) is 26.6. The fourth-order valence-electron chi connectivity index (χ4n) is 4.83. The highest BCUT2D eigenvalue weighted by Crippen LogP contribution is 2.40. The van der Waals surface area contributed by atoms with Crippen LogP contribution in [0.4, 0.5) is 10.2 Å². The lowest BCUT2D eigenvalue weighted by atomic mass is 10.1. The number of hydrogen-bond acceptors (Lipinski definition) is 8. The van der Waals surface area contributed by atoms with E-state index in [1.54, 1.807) is 20.3 Å². The van der Waals surface area contributed by atoms with Gasteiger partial charge in [-0.15, -0.1) is 24.8 Å². The maximum atomic E-state index is 13.4. The first-order chi connectivity index (χ1) is 17.0. The number of pyridine rings is 2. The molecule has 1 N–H and O–H groups in total. The van der Waals surface area contributed by atoms with Crippen LogP contribution in [0.3, 0.4) is 0 Å². The first kappa shape index (κ1) is 32.8. The average Bonchev–Trinajstić information content (AvgIpc) is 3.46. The minimum absolute atomic E-state index is 0. The van der Waals surface area contributed by atoms with Crippen LogP contribution >= 0.6 is 70.0 Å². The molecule has 0 amide bonds. The van der Waals surface area contributed by atoms with Crippen molar-refractivity contribution in [1.29, 1.82) is 0 Å². The van der Waals surface area contributed by atoms with Gasteiger partial charge in [-0.2, -0.15) is 4.39 Å². The fraction of sp³-hybridized carbons (Fsp3) is 0.583. The van der Waals surface area contributed by atoms with Crippen LogP contribution in [-0.2, 0) is 9.47 Å². The molecule has 3 aliphatic heterocycles. The molecule has 3 aliphatic rings. The van der Waals surface area contributed by atoms with Crippen LogP contribution in [0.5, 0.6) is 11.5 Å². The summed E-state index contributed by atoms with van der Waals surface area (Å²) >= 11 is 4.35. The summed E-state index contributed by atoms with van der Waals surface area (Å²) in [5.74, 6) is 2.76. The van der Waals surface area contributed by atoms with Crippen molar-refractivity contribution < 1.29 is 23.3 Å². The molecule has 5 rings (SSSR count). The van der Waals surface area contributed by atoms with Gasteiger partial charge >= 0.3 is 0 Å². The number of fused-ring (bicyclic) bond motifs is 3. The lowest BCUT2D eigenvalue weighted by molar-refractivity contribution is 0.157. The molecule has 0 radical (unpaired) electrons. The van der Waals surface area contributed by atoms with Crippen molar-refractivity contribution in [3.8, 4) is 11.5 Å². The van der Waals surface area contributed by atoms with Gasteiger partial charge < -0.3 is 29.2 Å². The molecule has 2 aromatic rings. The SMILES string of the molecule is COC[C@@H]1CN[C@H](COc2c(I)ccnc2F)C1.COC[C@H]1C[C@H]2COc3c(I)ccnc3N2C1.Cl.Cl. The van der Waals surface area contributed by atoms with Crippen molar-refractivity contribution >= 4 is 75.8 Å². The summed E-state index contributed by atoms with van der Waals surface area (Å²) in [5, 5.41) is 3.35. The van der Waals surface area contributed by atoms with Crippen molar-refractivity contribution in [2.45, 2.75) is 24.9 Å². The number of nitrogens with one attached hydrogen (secondary N) is 1. The molecule has 4 atom stereocenters. The minimum Gasteiger partial charge on any atom is -0.486 e. The molecule has 2 fully saturated rings. The molecule has 8 nitrogen and oxygen atoms in total. The van der Waals surface area contributed by atoms with Gasteiger partial charge in [0.1, 0.15) is 13.2 Å². The predicted molar refractivity (Wildman–Crippen MR) is 162 cm³/mol. The maximum Gasteiger partial charge on any atom is 0.256 e. The molecule has 208 valence electrons. The quantitative estimate of drug-likeness (QED) is 0.323. The van der Waals surface area contributed by atoms with Crippen molar-refractivity contribution in [3.05, 3.63) is 37.6 Å². The van der Waals surface area contributed by atoms with Crippen LogP contribution in [-0.4, -0.2) is 75.8 Å². The molecule has 0 aromatic carbocycles. The molecule has 0 unspecified atom stereocenters. The largest absolute Gasteiger partial charge is 0.486 e. The number of aromatic nitrogens is 2. The highest BCUT2D eigenvalue weighted by atomic mass is 127. The Bertz CT molecular complexity index is 980. The van der Waals surface area contributed by atoms with Crippen molar-refractivity contribution in [3.63, 3.8) is 0 Å². The zero-order valence-electron chi connectivity index (χ0n) is 20.7. The molecule has 0 bridgehead atoms. The molecule has 13 heteroatoms. The number of halogens is 5. The van der Waals surface area contributed by atoms with E-state index >= 15 is 0 Å². The fourth-order valence-corrected chi connectivity index (χ4v) is 5.92. The van der Waals surface area contributed by atoms with Crippen LogP contribution in [0.2, 0.25) is 0 Å². The third kappa shape index (κ3) is 8.52. The second-order valence-electron chi connectivity index (χ2n) is 9.01. The zero-order chi connectivity index (χ0) is 24.8. The smallest absolute Gasteiger partial charge is 0.256 e. The van der Waals surface area contributed by atoms with Gasteiger partial charge in [-0.1, -0.05) is 0 Å². The summed E-state index contributed by atoms with van der Waals surface area (Å²) in [4.78, 5) is 10.4. The number of nitrogens with zero attached hydrogens (tertiary/aromatic N) is 3. The molecule has 2 aromatic heterocycles. The highest BCUT2D eigenvalue weighted by Gasteiger charge is 2.38. The van der Waals surface area contributed by atoms with Crippen LogP contribution in [0.15, 0.2) is 24.5 Å². The molecule has 5 heterocycles. The Morgan fingerprint density at radius 2 is 1.73 bits per heavy atom. The summed E-state index contributed by atoms with van der Waals surface area (Å²) in [6.07, 6.45) is 5.43. The Hall–Kier alpha value is -0.450. The Labute approximate surface area is 257 Å². The highest BCUT2D eigenvalue weighted by molar-refractivity contribution is 14.1. The summed E-state index contributed by atoms with van der Waals surface area (Å²) in [6.45, 7) is 4.76. The Kier molecular flexibility index (Phi) is 14.1. The van der Waals surface area contributed by atoms with E-state index in [4.69, 9.17) is 18.9 Å². The number of hydrogen-bond donors (Lipinski definition) is 1. The summed E-state index contributed by atoms with van der Waals surface area (Å²) in [5.41, 5.74) is 0. The van der Waals surface area contributed by atoms with E-state index in [1.165, 1.54) is 6.20 Å². The number of rotatable bonds is 7. The summed E-state index contributed by atoms with van der Waals surface area (Å²) in [6, 6.07) is 4.44. The first-order valence-electron chi connectivity index (χ1n) is 11.7. The second kappa shape index (κ2) is 16.0. The second-order valence-corrected chi connectivity index (χ2v) is 11.3. The molecule has 0 spiro atoms. The van der Waals surface area contributed by atoms with E-state index < -0.39 is 5.95 Å². The lowest BCUT2D eigenvalue weighted by Crippen LogP contribution is -2.39. The molecule has 0 saturated carbocycles. The lowest BCUT2D eigenvalue weighted by Gasteiger charge is -2.32. The van der Waals surface area contributed by atoms with Gasteiger partial charge in [0.25, 0.3) is 5.95 Å². The Morgan fingerprint density at radius 1 is 1.03 bits per heavy atom. The number of anilines is 1. The van der Waals surface area contributed by atoms with E-state index in [9.17, 15) is 4.39 Å². The van der Waals surface area contributed by atoms with Crippen molar-refractivity contribution in [1.82, 2.24) is 15.3 Å². The normalized spacial score (nSPS) is 23.4. The Morgan fingerprint density at radius 3 is 2.46 bits per heavy atom. The molecule has 37 heavy (non-hydrogen) atoms. The van der Waals surface area contributed by atoms with E-state index in [2.05, 4.69) is 42.8 Å². The standard InChI is InChI=1S/C12H16FIN2O2.C12H15IN2O2.2ClH/c1-17-6-8-4-9(16-5-8)7-18-11-10(14)2-3-15-12(11)13;1-16-6-8-4-9-7-17-11-10(13)2-3-14-12(11)15(9)5-8;;/h2-3,8-9,16H,4-7H2,1H3;2-3,8-9H,4-7H2,1H3;2*1H/t2*8-,9-;;/m00../s1. The molecule has 2 saturated heterocycles. The van der Waals surface area contributed by atoms with E-state index in [0.717, 1.165) is 64.5 Å². The van der Waals surface area contributed by atoms with Crippen LogP contribution in [0.25, 0.3) is 0 Å². The number of methoxy groups -OCH3 is 2. The summed E-state index contributed by atoms with van der Waals surface area (Å²) in [7, 11) is 3.47. The Balaban J connectivity index is 0.000000247. The van der Waals surface area contributed by atoms with Gasteiger partial charge in [0.2, 0.25) is 0 Å². The van der Waals surface area contributed by atoms with E-state index in [-0.39, 0.29) is 36.6 Å². The van der Waals surface area contributed by atoms with Crippen LogP contribution in [0.1, 0.15) is 12.8 Å².